The Hall–Kier alpha value is -1.06. The molecule has 2 fully saturated rings. The Balaban J connectivity index is 1.65. The quantitative estimate of drug-likeness (QED) is 0.912. The summed E-state index contributed by atoms with van der Waals surface area (Å²) in [7, 11) is 0. The Labute approximate surface area is 122 Å². The average Bonchev–Trinajstić information content (AvgIpc) is 2.84. The van der Waals surface area contributed by atoms with E-state index >= 15 is 0 Å². The van der Waals surface area contributed by atoms with Gasteiger partial charge >= 0.3 is 0 Å². The van der Waals surface area contributed by atoms with Crippen molar-refractivity contribution in [3.8, 4) is 0 Å². The Bertz CT molecular complexity index is 407. The zero-order chi connectivity index (χ0) is 13.6. The van der Waals surface area contributed by atoms with Crippen molar-refractivity contribution in [2.75, 3.05) is 31.6 Å². The number of hydrogen-bond acceptors (Lipinski definition) is 3. The molecule has 20 heavy (non-hydrogen) atoms. The largest absolute Gasteiger partial charge is 0.382 e. The predicted molar refractivity (Wildman–Crippen MR) is 83.0 cm³/mol. The summed E-state index contributed by atoms with van der Waals surface area (Å²) >= 11 is 0. The van der Waals surface area contributed by atoms with Crippen molar-refractivity contribution < 1.29 is 4.74 Å². The smallest absolute Gasteiger partial charge is 0.0485 e. The first-order valence-electron chi connectivity index (χ1n) is 8.06. The van der Waals surface area contributed by atoms with E-state index in [1.807, 2.05) is 0 Å². The van der Waals surface area contributed by atoms with Crippen molar-refractivity contribution in [2.24, 2.45) is 0 Å². The molecule has 0 aliphatic carbocycles. The lowest BCUT2D eigenvalue weighted by Crippen LogP contribution is -2.23. The van der Waals surface area contributed by atoms with Crippen LogP contribution >= 0.6 is 0 Å². The van der Waals surface area contributed by atoms with E-state index in [0.29, 0.717) is 6.04 Å². The second kappa shape index (κ2) is 7.09. The molecule has 2 aliphatic rings. The van der Waals surface area contributed by atoms with E-state index in [2.05, 4.69) is 34.5 Å². The van der Waals surface area contributed by atoms with Crippen molar-refractivity contribution in [3.05, 3.63) is 29.8 Å². The van der Waals surface area contributed by atoms with Gasteiger partial charge in [0.05, 0.1) is 0 Å². The molecule has 0 radical (unpaired) electrons. The van der Waals surface area contributed by atoms with E-state index in [1.54, 1.807) is 0 Å². The second-order valence-corrected chi connectivity index (χ2v) is 6.02. The second-order valence-electron chi connectivity index (χ2n) is 6.02. The highest BCUT2D eigenvalue weighted by Crippen LogP contribution is 2.22. The zero-order valence-corrected chi connectivity index (χ0v) is 12.3. The van der Waals surface area contributed by atoms with Crippen molar-refractivity contribution in [1.29, 1.82) is 0 Å². The SMILES string of the molecule is c1ccc(NC2CCCOCC2)c(CN2CCCC2)c1. The van der Waals surface area contributed by atoms with Gasteiger partial charge in [-0.15, -0.1) is 0 Å². The van der Waals surface area contributed by atoms with Crippen LogP contribution < -0.4 is 5.32 Å². The van der Waals surface area contributed by atoms with Gasteiger partial charge < -0.3 is 10.1 Å². The van der Waals surface area contributed by atoms with Gasteiger partial charge in [0.15, 0.2) is 0 Å². The molecule has 1 atom stereocenters. The number of nitrogens with zero attached hydrogens (tertiary/aromatic N) is 1. The zero-order valence-electron chi connectivity index (χ0n) is 12.3. The van der Waals surface area contributed by atoms with Crippen LogP contribution in [-0.4, -0.2) is 37.2 Å². The Morgan fingerprint density at radius 2 is 1.90 bits per heavy atom. The van der Waals surface area contributed by atoms with E-state index < -0.39 is 0 Å². The van der Waals surface area contributed by atoms with Crippen LogP contribution in [0.15, 0.2) is 24.3 Å². The van der Waals surface area contributed by atoms with Crippen LogP contribution in [0.2, 0.25) is 0 Å². The summed E-state index contributed by atoms with van der Waals surface area (Å²) in [5, 5.41) is 3.76. The standard InChI is InChI=1S/C17H26N2O/c1-2-8-17(18-16-7-5-12-20-13-9-16)15(6-1)14-19-10-3-4-11-19/h1-2,6,8,16,18H,3-5,7,9-14H2. The maximum Gasteiger partial charge on any atom is 0.0485 e. The van der Waals surface area contributed by atoms with Crippen LogP contribution in [0.5, 0.6) is 0 Å². The summed E-state index contributed by atoms with van der Waals surface area (Å²) in [5.74, 6) is 0. The van der Waals surface area contributed by atoms with E-state index in [-0.39, 0.29) is 0 Å². The third kappa shape index (κ3) is 3.74. The number of rotatable bonds is 4. The molecule has 0 bridgehead atoms. The molecule has 0 saturated carbocycles. The Morgan fingerprint density at radius 1 is 1.05 bits per heavy atom. The number of anilines is 1. The molecule has 0 amide bonds. The normalized spacial score (nSPS) is 24.5. The highest BCUT2D eigenvalue weighted by molar-refractivity contribution is 5.51. The van der Waals surface area contributed by atoms with Crippen molar-refractivity contribution in [2.45, 2.75) is 44.7 Å². The van der Waals surface area contributed by atoms with E-state index in [1.165, 1.54) is 50.0 Å². The molecule has 1 aromatic rings. The van der Waals surface area contributed by atoms with Gasteiger partial charge in [-0.1, -0.05) is 18.2 Å². The Morgan fingerprint density at radius 3 is 2.80 bits per heavy atom. The third-order valence-electron chi connectivity index (χ3n) is 4.42. The molecule has 3 heteroatoms. The van der Waals surface area contributed by atoms with Crippen molar-refractivity contribution >= 4 is 5.69 Å². The molecule has 0 spiro atoms. The van der Waals surface area contributed by atoms with Crippen LogP contribution in [-0.2, 0) is 11.3 Å². The van der Waals surface area contributed by atoms with Crippen molar-refractivity contribution in [1.82, 2.24) is 4.90 Å². The molecule has 0 aromatic heterocycles. The molecule has 3 nitrogen and oxygen atoms in total. The number of benzene rings is 1. The van der Waals surface area contributed by atoms with Gasteiger partial charge in [0.2, 0.25) is 0 Å². The minimum atomic E-state index is 0.567. The highest BCUT2D eigenvalue weighted by atomic mass is 16.5. The lowest BCUT2D eigenvalue weighted by molar-refractivity contribution is 0.144. The number of nitrogens with one attached hydrogen (secondary N) is 1. The minimum Gasteiger partial charge on any atom is -0.382 e. The number of ether oxygens (including phenoxy) is 1. The first kappa shape index (κ1) is 13.9. The fourth-order valence-corrected chi connectivity index (χ4v) is 3.25. The highest BCUT2D eigenvalue weighted by Gasteiger charge is 2.16. The molecule has 1 N–H and O–H groups in total. The van der Waals surface area contributed by atoms with Crippen molar-refractivity contribution in [3.63, 3.8) is 0 Å². The fraction of sp³-hybridized carbons (Fsp3) is 0.647. The van der Waals surface area contributed by atoms with Gasteiger partial charge in [0.25, 0.3) is 0 Å². The summed E-state index contributed by atoms with van der Waals surface area (Å²) in [6, 6.07) is 9.37. The lowest BCUT2D eigenvalue weighted by atomic mass is 10.1. The molecule has 2 saturated heterocycles. The van der Waals surface area contributed by atoms with Gasteiger partial charge in [-0.05, 0) is 56.8 Å². The number of likely N-dealkylation sites (tertiary alicyclic amines) is 1. The van der Waals surface area contributed by atoms with Crippen LogP contribution in [0.25, 0.3) is 0 Å². The predicted octanol–water partition coefficient (Wildman–Crippen LogP) is 3.26. The molecule has 2 aliphatic heterocycles. The summed E-state index contributed by atoms with van der Waals surface area (Å²) in [4.78, 5) is 2.57. The van der Waals surface area contributed by atoms with E-state index in [4.69, 9.17) is 4.74 Å². The topological polar surface area (TPSA) is 24.5 Å². The van der Waals surface area contributed by atoms with E-state index in [9.17, 15) is 0 Å². The molecule has 3 rings (SSSR count). The Kier molecular flexibility index (Phi) is 4.93. The first-order valence-corrected chi connectivity index (χ1v) is 8.06. The van der Waals surface area contributed by atoms with Crippen LogP contribution in [0.1, 0.15) is 37.7 Å². The maximum absolute atomic E-state index is 5.55. The van der Waals surface area contributed by atoms with Crippen LogP contribution in [0, 0.1) is 0 Å². The third-order valence-corrected chi connectivity index (χ3v) is 4.42. The summed E-state index contributed by atoms with van der Waals surface area (Å²) in [6.07, 6.45) is 6.23. The fourth-order valence-electron chi connectivity index (χ4n) is 3.25. The molecular weight excluding hydrogens is 248 g/mol. The molecular formula is C17H26N2O. The maximum atomic E-state index is 5.55. The number of hydrogen-bond donors (Lipinski definition) is 1. The molecule has 110 valence electrons. The van der Waals surface area contributed by atoms with Gasteiger partial charge in [-0.2, -0.15) is 0 Å². The number of para-hydroxylation sites is 1. The van der Waals surface area contributed by atoms with Gasteiger partial charge in [0.1, 0.15) is 0 Å². The first-order chi connectivity index (χ1) is 9.92. The lowest BCUT2D eigenvalue weighted by Gasteiger charge is -2.22. The molecule has 1 aromatic carbocycles. The molecule has 1 unspecified atom stereocenters. The monoisotopic (exact) mass is 274 g/mol. The summed E-state index contributed by atoms with van der Waals surface area (Å²) in [5.41, 5.74) is 2.77. The summed E-state index contributed by atoms with van der Waals surface area (Å²) < 4.78 is 5.55. The summed E-state index contributed by atoms with van der Waals surface area (Å²) in [6.45, 7) is 5.42. The molecule has 2 heterocycles. The van der Waals surface area contributed by atoms with Gasteiger partial charge in [-0.3, -0.25) is 4.90 Å². The van der Waals surface area contributed by atoms with Crippen LogP contribution in [0.4, 0.5) is 5.69 Å². The van der Waals surface area contributed by atoms with E-state index in [0.717, 1.165) is 26.2 Å². The minimum absolute atomic E-state index is 0.567. The average molecular weight is 274 g/mol. The van der Waals surface area contributed by atoms with Gasteiger partial charge in [0, 0.05) is 31.5 Å². The van der Waals surface area contributed by atoms with Crippen LogP contribution in [0.3, 0.4) is 0 Å². The van der Waals surface area contributed by atoms with Gasteiger partial charge in [-0.25, -0.2) is 0 Å².